The van der Waals surface area contributed by atoms with Crippen molar-refractivity contribution in [3.63, 3.8) is 0 Å². The standard InChI is InChI=1S/C23H38N4O3/c1-22(2)15-23(30-16-22)9-7-17(8-10-23)20-18(24-27-11-5-6-19(20)27)14-25(3)12-13-26(4)21(28)29/h17H,5-16H2,1-4H3,(H,28,29). The summed E-state index contributed by atoms with van der Waals surface area (Å²) in [5.74, 6) is 0.579. The second kappa shape index (κ2) is 8.15. The van der Waals surface area contributed by atoms with Crippen LogP contribution in [0.3, 0.4) is 0 Å². The van der Waals surface area contributed by atoms with Crippen LogP contribution in [-0.4, -0.2) is 70.2 Å². The second-order valence-corrected chi connectivity index (χ2v) is 10.7. The zero-order valence-corrected chi connectivity index (χ0v) is 19.1. The van der Waals surface area contributed by atoms with E-state index in [4.69, 9.17) is 14.9 Å². The van der Waals surface area contributed by atoms with E-state index in [1.807, 2.05) is 0 Å². The number of rotatable bonds is 6. The molecule has 2 aliphatic heterocycles. The maximum Gasteiger partial charge on any atom is 0.407 e. The van der Waals surface area contributed by atoms with Crippen molar-refractivity contribution in [3.05, 3.63) is 17.0 Å². The summed E-state index contributed by atoms with van der Waals surface area (Å²) in [4.78, 5) is 14.6. The molecule has 1 amide bonds. The summed E-state index contributed by atoms with van der Waals surface area (Å²) in [5, 5.41) is 14.1. The fraction of sp³-hybridized carbons (Fsp3) is 0.826. The largest absolute Gasteiger partial charge is 0.465 e. The molecule has 4 rings (SSSR count). The highest BCUT2D eigenvalue weighted by atomic mass is 16.5. The van der Waals surface area contributed by atoms with E-state index in [0.717, 1.165) is 39.0 Å². The first kappa shape index (κ1) is 21.6. The Bertz CT molecular complexity index is 780. The Hall–Kier alpha value is -1.60. The van der Waals surface area contributed by atoms with Crippen molar-refractivity contribution >= 4 is 6.09 Å². The first-order valence-corrected chi connectivity index (χ1v) is 11.5. The minimum absolute atomic E-state index is 0.106. The van der Waals surface area contributed by atoms with E-state index in [-0.39, 0.29) is 5.60 Å². The van der Waals surface area contributed by atoms with E-state index < -0.39 is 6.09 Å². The van der Waals surface area contributed by atoms with Gasteiger partial charge in [0.15, 0.2) is 0 Å². The molecule has 7 nitrogen and oxygen atoms in total. The number of aromatic nitrogens is 2. The van der Waals surface area contributed by atoms with Crippen LogP contribution in [0.15, 0.2) is 0 Å². The predicted octanol–water partition coefficient (Wildman–Crippen LogP) is 3.71. The summed E-state index contributed by atoms with van der Waals surface area (Å²) in [5.41, 5.74) is 4.57. The van der Waals surface area contributed by atoms with Crippen molar-refractivity contribution in [1.29, 1.82) is 0 Å². The lowest BCUT2D eigenvalue weighted by atomic mass is 9.71. The minimum Gasteiger partial charge on any atom is -0.465 e. The van der Waals surface area contributed by atoms with Crippen LogP contribution < -0.4 is 0 Å². The highest BCUT2D eigenvalue weighted by Gasteiger charge is 2.47. The van der Waals surface area contributed by atoms with Crippen LogP contribution in [-0.2, 0) is 24.2 Å². The quantitative estimate of drug-likeness (QED) is 0.762. The Morgan fingerprint density at radius 3 is 2.63 bits per heavy atom. The topological polar surface area (TPSA) is 70.8 Å². The molecule has 3 aliphatic rings. The van der Waals surface area contributed by atoms with Gasteiger partial charge in [-0.25, -0.2) is 4.79 Å². The number of ether oxygens (including phenoxy) is 1. The monoisotopic (exact) mass is 418 g/mol. The van der Waals surface area contributed by atoms with Gasteiger partial charge >= 0.3 is 6.09 Å². The van der Waals surface area contributed by atoms with Crippen LogP contribution in [0.2, 0.25) is 0 Å². The smallest absolute Gasteiger partial charge is 0.407 e. The summed E-state index contributed by atoms with van der Waals surface area (Å²) >= 11 is 0. The van der Waals surface area contributed by atoms with Gasteiger partial charge in [-0.3, -0.25) is 9.58 Å². The van der Waals surface area contributed by atoms with Gasteiger partial charge in [0, 0.05) is 44.5 Å². The molecule has 1 aromatic rings. The fourth-order valence-electron chi connectivity index (χ4n) is 5.83. The molecule has 1 N–H and O–H groups in total. The van der Waals surface area contributed by atoms with Gasteiger partial charge in [-0.1, -0.05) is 13.8 Å². The molecule has 1 saturated heterocycles. The van der Waals surface area contributed by atoms with E-state index >= 15 is 0 Å². The first-order chi connectivity index (χ1) is 14.2. The van der Waals surface area contributed by atoms with Crippen LogP contribution in [0.1, 0.15) is 75.2 Å². The third-order valence-electron chi connectivity index (χ3n) is 7.40. The Kier molecular flexibility index (Phi) is 5.88. The van der Waals surface area contributed by atoms with Crippen molar-refractivity contribution in [1.82, 2.24) is 19.6 Å². The van der Waals surface area contributed by atoms with Crippen molar-refractivity contribution in [2.45, 2.75) is 83.4 Å². The van der Waals surface area contributed by atoms with E-state index in [0.29, 0.717) is 24.4 Å². The number of nitrogens with zero attached hydrogens (tertiary/aromatic N) is 4. The predicted molar refractivity (Wildman–Crippen MR) is 116 cm³/mol. The maximum absolute atomic E-state index is 11.1. The third kappa shape index (κ3) is 4.37. The molecule has 1 saturated carbocycles. The Morgan fingerprint density at radius 2 is 2.00 bits per heavy atom. The molecular formula is C23H38N4O3. The first-order valence-electron chi connectivity index (χ1n) is 11.5. The number of carboxylic acid groups (broad SMARTS) is 1. The lowest BCUT2D eigenvalue weighted by Crippen LogP contribution is -2.34. The van der Waals surface area contributed by atoms with E-state index in [1.54, 1.807) is 7.05 Å². The van der Waals surface area contributed by atoms with Crippen LogP contribution in [0, 0.1) is 5.41 Å². The number of amides is 1. The number of likely N-dealkylation sites (N-methyl/N-ethyl adjacent to an activating group) is 2. The average Bonchev–Trinajstić information content (AvgIpc) is 3.34. The molecule has 2 fully saturated rings. The van der Waals surface area contributed by atoms with E-state index in [9.17, 15) is 4.79 Å². The molecule has 0 radical (unpaired) electrons. The molecule has 168 valence electrons. The molecule has 1 spiro atoms. The van der Waals surface area contributed by atoms with Crippen LogP contribution in [0.5, 0.6) is 0 Å². The molecule has 0 aromatic carbocycles. The molecule has 1 aromatic heterocycles. The van der Waals surface area contributed by atoms with Gasteiger partial charge in [0.25, 0.3) is 0 Å². The van der Waals surface area contributed by atoms with Crippen molar-refractivity contribution in [2.75, 3.05) is 33.8 Å². The van der Waals surface area contributed by atoms with Crippen molar-refractivity contribution in [2.24, 2.45) is 5.41 Å². The summed E-state index contributed by atoms with van der Waals surface area (Å²) in [6, 6.07) is 0. The normalized spacial score (nSPS) is 27.7. The molecule has 0 bridgehead atoms. The zero-order valence-electron chi connectivity index (χ0n) is 19.1. The summed E-state index contributed by atoms with van der Waals surface area (Å²) in [6.07, 6.45) is 7.33. The van der Waals surface area contributed by atoms with Gasteiger partial charge in [-0.05, 0) is 63.3 Å². The maximum atomic E-state index is 11.1. The van der Waals surface area contributed by atoms with Gasteiger partial charge in [0.1, 0.15) is 0 Å². The van der Waals surface area contributed by atoms with Crippen LogP contribution in [0.4, 0.5) is 4.79 Å². The molecule has 3 heterocycles. The fourth-order valence-corrected chi connectivity index (χ4v) is 5.83. The SMILES string of the molecule is CN(CCN(C)C(=O)O)Cc1nn2c(c1C1CCC3(CC1)CC(C)(C)CO3)CCC2. The average molecular weight is 419 g/mol. The van der Waals surface area contributed by atoms with Gasteiger partial charge in [-0.2, -0.15) is 5.10 Å². The summed E-state index contributed by atoms with van der Waals surface area (Å²) in [7, 11) is 3.69. The molecule has 7 heteroatoms. The lowest BCUT2D eigenvalue weighted by molar-refractivity contribution is -0.0294. The number of hydrogen-bond acceptors (Lipinski definition) is 4. The molecule has 0 atom stereocenters. The van der Waals surface area contributed by atoms with Gasteiger partial charge in [-0.15, -0.1) is 0 Å². The summed E-state index contributed by atoms with van der Waals surface area (Å²) in [6.45, 7) is 8.58. The molecule has 0 unspecified atom stereocenters. The van der Waals surface area contributed by atoms with Crippen molar-refractivity contribution < 1.29 is 14.6 Å². The van der Waals surface area contributed by atoms with E-state index in [2.05, 4.69) is 30.5 Å². The highest BCUT2D eigenvalue weighted by Crippen LogP contribution is 2.50. The Balaban J connectivity index is 1.44. The Morgan fingerprint density at radius 1 is 1.27 bits per heavy atom. The number of aryl methyl sites for hydroxylation is 1. The van der Waals surface area contributed by atoms with Crippen molar-refractivity contribution in [3.8, 4) is 0 Å². The molecular weight excluding hydrogens is 380 g/mol. The number of carbonyl (C=O) groups is 1. The Labute approximate surface area is 180 Å². The highest BCUT2D eigenvalue weighted by molar-refractivity contribution is 5.64. The third-order valence-corrected chi connectivity index (χ3v) is 7.40. The lowest BCUT2D eigenvalue weighted by Gasteiger charge is -2.37. The minimum atomic E-state index is -0.876. The number of hydrogen-bond donors (Lipinski definition) is 1. The molecule has 30 heavy (non-hydrogen) atoms. The van der Waals surface area contributed by atoms with E-state index in [1.165, 1.54) is 47.5 Å². The van der Waals surface area contributed by atoms with Crippen LogP contribution >= 0.6 is 0 Å². The zero-order chi connectivity index (χ0) is 21.5. The van der Waals surface area contributed by atoms with Gasteiger partial charge in [0.05, 0.1) is 17.9 Å². The number of fused-ring (bicyclic) bond motifs is 1. The van der Waals surface area contributed by atoms with Gasteiger partial charge in [0.2, 0.25) is 0 Å². The summed E-state index contributed by atoms with van der Waals surface area (Å²) < 4.78 is 8.58. The van der Waals surface area contributed by atoms with Crippen LogP contribution in [0.25, 0.3) is 0 Å². The molecule has 1 aliphatic carbocycles. The second-order valence-electron chi connectivity index (χ2n) is 10.7. The van der Waals surface area contributed by atoms with Gasteiger partial charge < -0.3 is 14.7 Å².